The summed E-state index contributed by atoms with van der Waals surface area (Å²) in [5.41, 5.74) is 1.53. The van der Waals surface area contributed by atoms with Gasteiger partial charge >= 0.3 is 6.03 Å². The van der Waals surface area contributed by atoms with Crippen molar-refractivity contribution in [2.45, 2.75) is 18.6 Å². The van der Waals surface area contributed by atoms with Crippen LogP contribution in [0.15, 0.2) is 60.7 Å². The van der Waals surface area contributed by atoms with E-state index in [-0.39, 0.29) is 18.0 Å². The standard InChI is InChI=1S/C18H17FN2O4/c19-12-4-7-14(8-5-12)24-15-2-1-3-16(11-15)25-17-9-6-13(10-17)20-18(22)21-23/h1-9,11,13,17,23H,10H2,(H2,20,21,22). The van der Waals surface area contributed by atoms with E-state index >= 15 is 0 Å². The molecule has 25 heavy (non-hydrogen) atoms. The summed E-state index contributed by atoms with van der Waals surface area (Å²) >= 11 is 0. The minimum atomic E-state index is -0.662. The van der Waals surface area contributed by atoms with Crippen LogP contribution < -0.4 is 20.3 Å². The van der Waals surface area contributed by atoms with Crippen LogP contribution in [-0.4, -0.2) is 23.4 Å². The van der Waals surface area contributed by atoms with Gasteiger partial charge in [0.25, 0.3) is 0 Å². The molecule has 3 rings (SSSR count). The van der Waals surface area contributed by atoms with Crippen molar-refractivity contribution in [3.05, 3.63) is 66.5 Å². The number of carbonyl (C=O) groups excluding carboxylic acids is 1. The van der Waals surface area contributed by atoms with Crippen molar-refractivity contribution in [1.82, 2.24) is 10.8 Å². The molecule has 0 saturated heterocycles. The molecule has 2 aromatic carbocycles. The first-order chi connectivity index (χ1) is 12.1. The average molecular weight is 344 g/mol. The highest BCUT2D eigenvalue weighted by atomic mass is 19.1. The molecule has 2 unspecified atom stereocenters. The van der Waals surface area contributed by atoms with Crippen molar-refractivity contribution in [1.29, 1.82) is 0 Å². The lowest BCUT2D eigenvalue weighted by molar-refractivity contribution is 0.158. The van der Waals surface area contributed by atoms with Gasteiger partial charge in [0.2, 0.25) is 0 Å². The molecular weight excluding hydrogens is 327 g/mol. The smallest absolute Gasteiger partial charge is 0.338 e. The molecule has 2 atom stereocenters. The van der Waals surface area contributed by atoms with Gasteiger partial charge in [-0.2, -0.15) is 0 Å². The molecule has 1 aliphatic carbocycles. The number of halogens is 1. The fourth-order valence-electron chi connectivity index (χ4n) is 2.49. The van der Waals surface area contributed by atoms with Crippen LogP contribution in [0, 0.1) is 5.82 Å². The Kier molecular flexibility index (Phi) is 5.15. The fraction of sp³-hybridized carbons (Fsp3) is 0.167. The van der Waals surface area contributed by atoms with Gasteiger partial charge in [0.1, 0.15) is 29.2 Å². The number of hydrogen-bond donors (Lipinski definition) is 3. The molecule has 0 fully saturated rings. The highest BCUT2D eigenvalue weighted by Gasteiger charge is 2.21. The van der Waals surface area contributed by atoms with E-state index in [1.165, 1.54) is 17.6 Å². The topological polar surface area (TPSA) is 79.8 Å². The van der Waals surface area contributed by atoms with Gasteiger partial charge in [0.05, 0.1) is 6.04 Å². The molecule has 7 heteroatoms. The zero-order chi connectivity index (χ0) is 17.6. The molecule has 0 heterocycles. The Morgan fingerprint density at radius 2 is 1.84 bits per heavy atom. The SMILES string of the molecule is O=C(NO)NC1C=CC(Oc2cccc(Oc3ccc(F)cc3)c2)C1. The number of amides is 2. The van der Waals surface area contributed by atoms with E-state index in [1.807, 2.05) is 6.08 Å². The van der Waals surface area contributed by atoms with Crippen LogP contribution in [0.2, 0.25) is 0 Å². The maximum atomic E-state index is 12.9. The van der Waals surface area contributed by atoms with Gasteiger partial charge in [-0.15, -0.1) is 0 Å². The molecule has 0 spiro atoms. The first-order valence-corrected chi connectivity index (χ1v) is 7.71. The summed E-state index contributed by atoms with van der Waals surface area (Å²) in [7, 11) is 0. The zero-order valence-electron chi connectivity index (χ0n) is 13.2. The van der Waals surface area contributed by atoms with Crippen molar-refractivity contribution < 1.29 is 23.9 Å². The largest absolute Gasteiger partial charge is 0.486 e. The van der Waals surface area contributed by atoms with Crippen molar-refractivity contribution >= 4 is 6.03 Å². The Hall–Kier alpha value is -3.06. The molecule has 6 nitrogen and oxygen atoms in total. The van der Waals surface area contributed by atoms with Crippen LogP contribution >= 0.6 is 0 Å². The lowest BCUT2D eigenvalue weighted by Gasteiger charge is -2.16. The van der Waals surface area contributed by atoms with Gasteiger partial charge in [-0.1, -0.05) is 12.1 Å². The summed E-state index contributed by atoms with van der Waals surface area (Å²) in [6.07, 6.45) is 4.00. The highest BCUT2D eigenvalue weighted by Crippen LogP contribution is 2.27. The summed E-state index contributed by atoms with van der Waals surface area (Å²) in [5.74, 6) is 1.39. The van der Waals surface area contributed by atoms with E-state index in [1.54, 1.807) is 42.5 Å². The molecule has 0 aromatic heterocycles. The van der Waals surface area contributed by atoms with E-state index < -0.39 is 6.03 Å². The van der Waals surface area contributed by atoms with Crippen molar-refractivity contribution in [3.8, 4) is 17.2 Å². The van der Waals surface area contributed by atoms with Crippen LogP contribution in [0.25, 0.3) is 0 Å². The van der Waals surface area contributed by atoms with Gasteiger partial charge in [0.15, 0.2) is 0 Å². The minimum Gasteiger partial charge on any atom is -0.486 e. The van der Waals surface area contributed by atoms with Crippen LogP contribution in [0.4, 0.5) is 9.18 Å². The number of hydrogen-bond acceptors (Lipinski definition) is 4. The van der Waals surface area contributed by atoms with Crippen molar-refractivity contribution in [3.63, 3.8) is 0 Å². The second kappa shape index (κ2) is 7.67. The number of rotatable bonds is 5. The highest BCUT2D eigenvalue weighted by molar-refractivity contribution is 5.73. The van der Waals surface area contributed by atoms with Gasteiger partial charge < -0.3 is 14.8 Å². The Bertz CT molecular complexity index is 764. The average Bonchev–Trinajstić information content (AvgIpc) is 3.04. The van der Waals surface area contributed by atoms with E-state index in [2.05, 4.69) is 5.32 Å². The molecule has 0 aliphatic heterocycles. The normalized spacial score (nSPS) is 18.6. The second-order valence-corrected chi connectivity index (χ2v) is 5.50. The Balaban J connectivity index is 1.58. The minimum absolute atomic E-state index is 0.204. The fourth-order valence-corrected chi connectivity index (χ4v) is 2.49. The summed E-state index contributed by atoms with van der Waals surface area (Å²) in [6, 6.07) is 12.0. The Morgan fingerprint density at radius 1 is 1.08 bits per heavy atom. The monoisotopic (exact) mass is 344 g/mol. The third kappa shape index (κ3) is 4.71. The molecule has 1 aliphatic rings. The van der Waals surface area contributed by atoms with E-state index in [0.29, 0.717) is 23.7 Å². The summed E-state index contributed by atoms with van der Waals surface area (Å²) < 4.78 is 24.5. The molecular formula is C18H17FN2O4. The molecule has 3 N–H and O–H groups in total. The van der Waals surface area contributed by atoms with Crippen molar-refractivity contribution in [2.75, 3.05) is 0 Å². The quantitative estimate of drug-likeness (QED) is 0.441. The van der Waals surface area contributed by atoms with Crippen molar-refractivity contribution in [2.24, 2.45) is 0 Å². The van der Waals surface area contributed by atoms with Crippen LogP contribution in [0.5, 0.6) is 17.2 Å². The molecule has 130 valence electrons. The number of urea groups is 1. The zero-order valence-corrected chi connectivity index (χ0v) is 13.2. The number of carbonyl (C=O) groups is 1. The first-order valence-electron chi connectivity index (χ1n) is 7.71. The maximum Gasteiger partial charge on any atom is 0.338 e. The molecule has 0 radical (unpaired) electrons. The molecule has 2 aromatic rings. The van der Waals surface area contributed by atoms with Crippen LogP contribution in [0.1, 0.15) is 6.42 Å². The summed E-state index contributed by atoms with van der Waals surface area (Å²) in [6.45, 7) is 0. The van der Waals surface area contributed by atoms with Gasteiger partial charge in [0, 0.05) is 12.5 Å². The van der Waals surface area contributed by atoms with E-state index in [4.69, 9.17) is 14.7 Å². The maximum absolute atomic E-state index is 12.9. The lowest BCUT2D eigenvalue weighted by atomic mass is 10.2. The molecule has 2 amide bonds. The third-order valence-electron chi connectivity index (χ3n) is 3.60. The number of nitrogens with one attached hydrogen (secondary N) is 2. The third-order valence-corrected chi connectivity index (χ3v) is 3.60. The number of hydroxylamine groups is 1. The summed E-state index contributed by atoms with van der Waals surface area (Å²) in [5, 5.41) is 11.1. The molecule has 0 bridgehead atoms. The Labute approximate surface area is 143 Å². The number of benzene rings is 2. The first kappa shape index (κ1) is 16.8. The Morgan fingerprint density at radius 3 is 2.60 bits per heavy atom. The lowest BCUT2D eigenvalue weighted by Crippen LogP contribution is -2.39. The summed E-state index contributed by atoms with van der Waals surface area (Å²) in [4.78, 5) is 11.1. The molecule has 0 saturated carbocycles. The van der Waals surface area contributed by atoms with Gasteiger partial charge in [-0.05, 0) is 42.5 Å². The van der Waals surface area contributed by atoms with E-state index in [0.717, 1.165) is 0 Å². The van der Waals surface area contributed by atoms with E-state index in [9.17, 15) is 9.18 Å². The predicted octanol–water partition coefficient (Wildman–Crippen LogP) is 3.38. The number of ether oxygens (including phenoxy) is 2. The van der Waals surface area contributed by atoms with Gasteiger partial charge in [-0.3, -0.25) is 5.21 Å². The van der Waals surface area contributed by atoms with Gasteiger partial charge in [-0.25, -0.2) is 14.7 Å². The second-order valence-electron chi connectivity index (χ2n) is 5.50. The van der Waals surface area contributed by atoms with Crippen LogP contribution in [0.3, 0.4) is 0 Å². The van der Waals surface area contributed by atoms with Crippen LogP contribution in [-0.2, 0) is 0 Å². The predicted molar refractivity (Wildman–Crippen MR) is 88.3 cm³/mol.